The highest BCUT2D eigenvalue weighted by atomic mass is 31.2. The van der Waals surface area contributed by atoms with Crippen molar-refractivity contribution in [2.24, 2.45) is 0 Å². The Morgan fingerprint density at radius 3 is 1.33 bits per heavy atom. The molecule has 0 radical (unpaired) electrons. The third-order valence-electron chi connectivity index (χ3n) is 9.00. The van der Waals surface area contributed by atoms with Crippen LogP contribution < -0.4 is 5.32 Å². The van der Waals surface area contributed by atoms with E-state index >= 15 is 0 Å². The third-order valence-corrected chi connectivity index (χ3v) is 9.48. The zero-order chi connectivity index (χ0) is 34.0. The van der Waals surface area contributed by atoms with Crippen molar-refractivity contribution in [1.29, 1.82) is 0 Å². The molecule has 2 atom stereocenters. The maximum atomic E-state index is 12.5. The lowest BCUT2D eigenvalue weighted by Crippen LogP contribution is -2.45. The van der Waals surface area contributed by atoms with Crippen LogP contribution in [-0.2, 0) is 13.9 Å². The zero-order valence-corrected chi connectivity index (χ0v) is 31.1. The van der Waals surface area contributed by atoms with Crippen molar-refractivity contribution in [2.75, 3.05) is 6.61 Å². The number of phosphoric acid groups is 1. The summed E-state index contributed by atoms with van der Waals surface area (Å²) in [5.41, 5.74) is 0. The second-order valence-electron chi connectivity index (χ2n) is 13.6. The molecule has 274 valence electrons. The first kappa shape index (κ1) is 45.3. The average Bonchev–Trinajstić information content (AvgIpc) is 3.02. The van der Waals surface area contributed by atoms with Gasteiger partial charge in [0.05, 0.1) is 18.8 Å². The molecule has 0 saturated carbocycles. The van der Waals surface area contributed by atoms with E-state index in [0.29, 0.717) is 6.42 Å². The summed E-state index contributed by atoms with van der Waals surface area (Å²) in [5.74, 6) is -0.224. The first-order chi connectivity index (χ1) is 22.3. The van der Waals surface area contributed by atoms with Gasteiger partial charge >= 0.3 is 7.82 Å². The molecule has 0 saturated heterocycles. The van der Waals surface area contributed by atoms with Gasteiger partial charge in [-0.1, -0.05) is 193 Å². The van der Waals surface area contributed by atoms with Crippen molar-refractivity contribution in [1.82, 2.24) is 5.32 Å². The molecule has 0 unspecified atom stereocenters. The molecule has 7 nitrogen and oxygen atoms in total. The van der Waals surface area contributed by atoms with Crippen molar-refractivity contribution >= 4 is 13.7 Å². The van der Waals surface area contributed by atoms with E-state index in [4.69, 9.17) is 9.79 Å². The van der Waals surface area contributed by atoms with E-state index in [1.54, 1.807) is 6.08 Å². The maximum Gasteiger partial charge on any atom is 0.469 e. The minimum atomic E-state index is -4.71. The maximum absolute atomic E-state index is 12.5. The number of carbonyl (C=O) groups is 1. The standard InChI is InChI=1S/C38H76NO6P/c1-3-5-7-9-11-13-15-17-18-19-20-22-24-26-28-30-32-34-38(41)39-36(35-45-46(42,43)44)37(40)33-31-29-27-25-23-21-16-14-12-10-8-6-4-2/h31,33,36-37,40H,3-30,32,34-35H2,1-2H3,(H,39,41)(H2,42,43,44)/b33-31+/t36-,37+/m0/s1. The molecule has 0 aromatic carbocycles. The molecule has 0 aliphatic carbocycles. The molecule has 0 aliphatic rings. The molecular weight excluding hydrogens is 597 g/mol. The molecule has 0 heterocycles. The second-order valence-corrected chi connectivity index (χ2v) is 14.8. The normalized spacial score (nSPS) is 13.4. The lowest BCUT2D eigenvalue weighted by molar-refractivity contribution is -0.123. The first-order valence-electron chi connectivity index (χ1n) is 19.6. The molecule has 8 heteroatoms. The summed E-state index contributed by atoms with van der Waals surface area (Å²) in [6, 6.07) is -0.903. The summed E-state index contributed by atoms with van der Waals surface area (Å²) in [6.07, 6.45) is 39.4. The Bertz CT molecular complexity index is 728. The molecule has 0 aromatic heterocycles. The fourth-order valence-electron chi connectivity index (χ4n) is 5.99. The number of hydrogen-bond donors (Lipinski definition) is 4. The van der Waals surface area contributed by atoms with Crippen LogP contribution in [0.15, 0.2) is 12.2 Å². The van der Waals surface area contributed by atoms with Crippen LogP contribution in [-0.4, -0.2) is 39.6 Å². The Morgan fingerprint density at radius 1 is 0.609 bits per heavy atom. The monoisotopic (exact) mass is 674 g/mol. The van der Waals surface area contributed by atoms with Gasteiger partial charge in [-0.3, -0.25) is 9.32 Å². The van der Waals surface area contributed by atoms with Crippen LogP contribution in [0.1, 0.15) is 206 Å². The van der Waals surface area contributed by atoms with E-state index in [1.807, 2.05) is 6.08 Å². The lowest BCUT2D eigenvalue weighted by Gasteiger charge is -2.22. The van der Waals surface area contributed by atoms with Crippen LogP contribution in [0.4, 0.5) is 0 Å². The number of aliphatic hydroxyl groups is 1. The molecule has 0 aromatic rings. The van der Waals surface area contributed by atoms with Crippen LogP contribution in [0, 0.1) is 0 Å². The Labute approximate surface area is 284 Å². The zero-order valence-electron chi connectivity index (χ0n) is 30.2. The summed E-state index contributed by atoms with van der Waals surface area (Å²) in [7, 11) is -4.71. The van der Waals surface area contributed by atoms with Gasteiger partial charge in [0.25, 0.3) is 0 Å². The van der Waals surface area contributed by atoms with Gasteiger partial charge in [0.2, 0.25) is 5.91 Å². The van der Waals surface area contributed by atoms with E-state index in [1.165, 1.54) is 148 Å². The lowest BCUT2D eigenvalue weighted by atomic mass is 10.0. The number of unbranched alkanes of at least 4 members (excludes halogenated alkanes) is 27. The number of hydrogen-bond acceptors (Lipinski definition) is 4. The largest absolute Gasteiger partial charge is 0.469 e. The molecule has 1 amide bonds. The Balaban J connectivity index is 3.97. The highest BCUT2D eigenvalue weighted by molar-refractivity contribution is 7.46. The number of rotatable bonds is 36. The van der Waals surface area contributed by atoms with Crippen molar-refractivity contribution in [3.63, 3.8) is 0 Å². The highest BCUT2D eigenvalue weighted by Gasteiger charge is 2.24. The second kappa shape index (κ2) is 34.2. The van der Waals surface area contributed by atoms with Crippen molar-refractivity contribution in [3.8, 4) is 0 Å². The first-order valence-corrected chi connectivity index (χ1v) is 21.2. The van der Waals surface area contributed by atoms with E-state index in [0.717, 1.165) is 38.5 Å². The smallest absolute Gasteiger partial charge is 0.387 e. The van der Waals surface area contributed by atoms with E-state index < -0.39 is 26.6 Å². The van der Waals surface area contributed by atoms with Gasteiger partial charge in [0, 0.05) is 6.42 Å². The van der Waals surface area contributed by atoms with Gasteiger partial charge in [0.15, 0.2) is 0 Å². The molecule has 0 aliphatic heterocycles. The van der Waals surface area contributed by atoms with Crippen LogP contribution in [0.25, 0.3) is 0 Å². The van der Waals surface area contributed by atoms with Crippen LogP contribution >= 0.6 is 7.82 Å². The van der Waals surface area contributed by atoms with Crippen molar-refractivity contribution in [3.05, 3.63) is 12.2 Å². The molecule has 0 rings (SSSR count). The van der Waals surface area contributed by atoms with Crippen molar-refractivity contribution in [2.45, 2.75) is 219 Å². The number of phosphoric ester groups is 1. The Kier molecular flexibility index (Phi) is 33.6. The summed E-state index contributed by atoms with van der Waals surface area (Å²) in [4.78, 5) is 30.8. The van der Waals surface area contributed by atoms with Crippen molar-refractivity contribution < 1.29 is 28.8 Å². The molecule has 46 heavy (non-hydrogen) atoms. The van der Waals surface area contributed by atoms with Gasteiger partial charge in [-0.15, -0.1) is 0 Å². The highest BCUT2D eigenvalue weighted by Crippen LogP contribution is 2.35. The molecule has 0 bridgehead atoms. The predicted molar refractivity (Wildman–Crippen MR) is 195 cm³/mol. The summed E-state index contributed by atoms with van der Waals surface area (Å²) < 4.78 is 15.9. The molecule has 0 spiro atoms. The average molecular weight is 674 g/mol. The van der Waals surface area contributed by atoms with Crippen LogP contribution in [0.3, 0.4) is 0 Å². The number of aliphatic hydroxyl groups excluding tert-OH is 1. The quantitative estimate of drug-likeness (QED) is 0.0299. The Hall–Kier alpha value is -0.720. The van der Waals surface area contributed by atoms with E-state index in [-0.39, 0.29) is 5.91 Å². The van der Waals surface area contributed by atoms with Crippen LogP contribution in [0.5, 0.6) is 0 Å². The minimum Gasteiger partial charge on any atom is -0.387 e. The summed E-state index contributed by atoms with van der Waals surface area (Å²) in [6.45, 7) is 4.07. The number of amides is 1. The fourth-order valence-corrected chi connectivity index (χ4v) is 6.34. The molecule has 4 N–H and O–H groups in total. The molecular formula is C38H76NO6P. The summed E-state index contributed by atoms with van der Waals surface area (Å²) in [5, 5.41) is 13.3. The van der Waals surface area contributed by atoms with Gasteiger partial charge < -0.3 is 20.2 Å². The Morgan fingerprint density at radius 2 is 0.957 bits per heavy atom. The van der Waals surface area contributed by atoms with E-state index in [2.05, 4.69) is 23.7 Å². The van der Waals surface area contributed by atoms with Gasteiger partial charge in [-0.05, 0) is 19.3 Å². The van der Waals surface area contributed by atoms with Gasteiger partial charge in [0.1, 0.15) is 0 Å². The minimum absolute atomic E-state index is 0.224. The predicted octanol–water partition coefficient (Wildman–Crippen LogP) is 11.2. The topological polar surface area (TPSA) is 116 Å². The number of nitrogens with one attached hydrogen (secondary N) is 1. The van der Waals surface area contributed by atoms with E-state index in [9.17, 15) is 14.5 Å². The SMILES string of the molecule is CCCCCCCCCCCCC/C=C/[C@@H](O)[C@H](COP(=O)(O)O)NC(=O)CCCCCCCCCCCCCCCCCCC. The number of allylic oxidation sites excluding steroid dienone is 1. The van der Waals surface area contributed by atoms with Crippen LogP contribution in [0.2, 0.25) is 0 Å². The van der Waals surface area contributed by atoms with Gasteiger partial charge in [-0.25, -0.2) is 4.57 Å². The molecule has 0 fully saturated rings. The number of carbonyl (C=O) groups excluding carboxylic acids is 1. The fraction of sp³-hybridized carbons (Fsp3) is 0.921. The van der Waals surface area contributed by atoms with Gasteiger partial charge in [-0.2, -0.15) is 0 Å². The summed E-state index contributed by atoms with van der Waals surface area (Å²) >= 11 is 0. The third kappa shape index (κ3) is 34.6.